The molecule has 0 fully saturated rings. The molecule has 7 aromatic rings. The van der Waals surface area contributed by atoms with E-state index < -0.39 is 16.1 Å². The highest BCUT2D eigenvalue weighted by atomic mass is 127. The van der Waals surface area contributed by atoms with Gasteiger partial charge in [0.1, 0.15) is 0 Å². The first-order valence-electron chi connectivity index (χ1n) is 22.8. The smallest absolute Gasteiger partial charge is 0.338 e. The third-order valence-corrected chi connectivity index (χ3v) is 16.7. The lowest BCUT2D eigenvalue weighted by Gasteiger charge is -2.15. The number of fused-ring (bicyclic) bond motifs is 8. The van der Waals surface area contributed by atoms with Crippen molar-refractivity contribution in [3.8, 4) is 44.5 Å². The Labute approximate surface area is 426 Å². The van der Waals surface area contributed by atoms with E-state index in [1.165, 1.54) is 0 Å². The van der Waals surface area contributed by atoms with Gasteiger partial charge in [0.15, 0.2) is 0 Å². The van der Waals surface area contributed by atoms with Crippen molar-refractivity contribution < 1.29 is 19.1 Å². The highest BCUT2D eigenvalue weighted by molar-refractivity contribution is 14.1. The van der Waals surface area contributed by atoms with Gasteiger partial charge in [-0.3, -0.25) is 0 Å². The normalized spacial score (nSPS) is 12.4. The minimum atomic E-state index is -1.37. The van der Waals surface area contributed by atoms with E-state index in [4.69, 9.17) is 19.4 Å². The van der Waals surface area contributed by atoms with Crippen LogP contribution in [0.5, 0.6) is 0 Å². The van der Waals surface area contributed by atoms with Gasteiger partial charge in [-0.05, 0) is 177 Å². The van der Waals surface area contributed by atoms with Crippen molar-refractivity contribution in [1.29, 1.82) is 0 Å². The lowest BCUT2D eigenvalue weighted by Crippen LogP contribution is -2.22. The van der Waals surface area contributed by atoms with Crippen LogP contribution in [0.15, 0.2) is 121 Å². The third-order valence-electron chi connectivity index (χ3n) is 12.0. The molecule has 8 bridgehead atoms. The Morgan fingerprint density at radius 1 is 0.456 bits per heavy atom. The van der Waals surface area contributed by atoms with Crippen LogP contribution in [-0.4, -0.2) is 61.2 Å². The van der Waals surface area contributed by atoms with Gasteiger partial charge in [-0.2, -0.15) is 0 Å². The standard InChI is InChI=1S/C56H52I2N4O4Si2/c1-67(2,3)31-29-65-55(63)37-17-13-35(14-18-37)51-43-21-25-47(59-43)53(39-9-7-11-41(57)33-39)49-27-23-45(61-49)52(36-15-19-38(20-16-36)56(64)66-30-32-68(4,5)6)46-24-28-50(62-46)54(48-26-22-44(51)60-48)40-10-8-12-42(58)34-40/h7-28,33-34,59-60H,29-32H2,1-6H3. The molecular formula is C56H52I2N4O4Si2. The van der Waals surface area contributed by atoms with Crippen molar-refractivity contribution in [2.75, 3.05) is 13.2 Å². The number of hydrogen-bond donors (Lipinski definition) is 2. The van der Waals surface area contributed by atoms with E-state index in [2.05, 4.69) is 192 Å². The molecule has 0 atom stereocenters. The molecule has 5 heterocycles. The maximum Gasteiger partial charge on any atom is 0.338 e. The lowest BCUT2D eigenvalue weighted by atomic mass is 10.0. The lowest BCUT2D eigenvalue weighted by molar-refractivity contribution is 0.0515. The molecule has 2 aliphatic heterocycles. The predicted molar refractivity (Wildman–Crippen MR) is 303 cm³/mol. The summed E-state index contributed by atoms with van der Waals surface area (Å²) in [6.45, 7) is 14.5. The van der Waals surface area contributed by atoms with E-state index >= 15 is 0 Å². The molecule has 0 aliphatic carbocycles. The molecule has 0 amide bonds. The summed E-state index contributed by atoms with van der Waals surface area (Å²) in [5.74, 6) is -0.640. The first-order valence-corrected chi connectivity index (χ1v) is 32.4. The fourth-order valence-corrected chi connectivity index (χ4v) is 10.8. The number of aromatic amines is 2. The number of aromatic nitrogens is 4. The summed E-state index contributed by atoms with van der Waals surface area (Å²) < 4.78 is 13.6. The van der Waals surface area contributed by atoms with E-state index in [-0.39, 0.29) is 11.9 Å². The summed E-state index contributed by atoms with van der Waals surface area (Å²) >= 11 is 4.72. The third kappa shape index (κ3) is 10.8. The minimum absolute atomic E-state index is 0.316. The first-order chi connectivity index (χ1) is 32.6. The molecular weight excluding hydrogens is 1100 g/mol. The second-order valence-electron chi connectivity index (χ2n) is 19.6. The van der Waals surface area contributed by atoms with Crippen molar-refractivity contribution in [1.82, 2.24) is 19.9 Å². The van der Waals surface area contributed by atoms with Crippen molar-refractivity contribution in [3.63, 3.8) is 0 Å². The maximum absolute atomic E-state index is 13.2. The quantitative estimate of drug-likeness (QED) is 0.0716. The number of carbonyl (C=O) groups is 2. The molecule has 9 rings (SSSR count). The molecule has 2 aliphatic rings. The molecule has 0 radical (unpaired) electrons. The molecule has 0 unspecified atom stereocenters. The topological polar surface area (TPSA) is 110 Å². The molecule has 8 nitrogen and oxygen atoms in total. The summed E-state index contributed by atoms with van der Waals surface area (Å²) in [5.41, 5.74) is 15.1. The van der Waals surface area contributed by atoms with Gasteiger partial charge in [-0.15, -0.1) is 0 Å². The number of H-pyrrole nitrogens is 2. The fourth-order valence-electron chi connectivity index (χ4n) is 8.32. The van der Waals surface area contributed by atoms with E-state index in [1.54, 1.807) is 0 Å². The van der Waals surface area contributed by atoms with Crippen LogP contribution in [0.4, 0.5) is 0 Å². The average Bonchev–Trinajstić information content (AvgIpc) is 4.14. The Morgan fingerprint density at radius 3 is 1.18 bits per heavy atom. The van der Waals surface area contributed by atoms with Crippen molar-refractivity contribution in [2.24, 2.45) is 0 Å². The Morgan fingerprint density at radius 2 is 0.809 bits per heavy atom. The number of carbonyl (C=O) groups excluding carboxylic acids is 2. The molecule has 2 N–H and O–H groups in total. The van der Waals surface area contributed by atoms with Crippen molar-refractivity contribution in [2.45, 2.75) is 51.4 Å². The Bertz CT molecular complexity index is 3180. The van der Waals surface area contributed by atoms with Crippen molar-refractivity contribution in [3.05, 3.63) is 162 Å². The van der Waals surface area contributed by atoms with Crippen LogP contribution in [-0.2, 0) is 9.47 Å². The number of ether oxygens (including phenoxy) is 2. The molecule has 12 heteroatoms. The highest BCUT2D eigenvalue weighted by Gasteiger charge is 2.22. The van der Waals surface area contributed by atoms with Crippen LogP contribution >= 0.6 is 45.2 Å². The number of esters is 2. The first kappa shape index (κ1) is 47.4. The number of nitrogens with one attached hydrogen (secondary N) is 2. The minimum Gasteiger partial charge on any atom is -0.462 e. The largest absolute Gasteiger partial charge is 0.462 e. The van der Waals surface area contributed by atoms with Crippen LogP contribution in [0.1, 0.15) is 43.5 Å². The van der Waals surface area contributed by atoms with Gasteiger partial charge < -0.3 is 19.4 Å². The van der Waals surface area contributed by atoms with E-state index in [0.717, 1.165) is 109 Å². The molecule has 0 spiro atoms. The van der Waals surface area contributed by atoms with Gasteiger partial charge in [-0.1, -0.05) is 87.8 Å². The molecule has 4 aromatic carbocycles. The maximum atomic E-state index is 13.2. The van der Waals surface area contributed by atoms with Gasteiger partial charge in [0.05, 0.1) is 47.1 Å². The Balaban J connectivity index is 1.29. The summed E-state index contributed by atoms with van der Waals surface area (Å²) in [5, 5.41) is 0. The molecule has 3 aromatic heterocycles. The van der Waals surface area contributed by atoms with Gasteiger partial charge in [0, 0.05) is 67.6 Å². The van der Waals surface area contributed by atoms with Crippen LogP contribution in [0, 0.1) is 7.14 Å². The molecule has 0 saturated heterocycles. The second-order valence-corrected chi connectivity index (χ2v) is 33.3. The average molecular weight is 1160 g/mol. The summed E-state index contributed by atoms with van der Waals surface area (Å²) in [7, 11) is -2.73. The van der Waals surface area contributed by atoms with Crippen LogP contribution < -0.4 is 0 Å². The number of halogens is 2. The predicted octanol–water partition coefficient (Wildman–Crippen LogP) is 15.5. The Kier molecular flexibility index (Phi) is 13.8. The number of nitrogens with zero attached hydrogens (tertiary/aromatic N) is 2. The van der Waals surface area contributed by atoms with E-state index in [0.29, 0.717) is 24.3 Å². The summed E-state index contributed by atoms with van der Waals surface area (Å²) in [6.07, 6.45) is 8.26. The monoisotopic (exact) mass is 1150 g/mol. The van der Waals surface area contributed by atoms with Gasteiger partial charge in [-0.25, -0.2) is 19.6 Å². The fraction of sp³-hybridized carbons (Fsp3) is 0.179. The molecule has 68 heavy (non-hydrogen) atoms. The SMILES string of the molecule is C[Si](C)(C)CCOC(=O)c1ccc(-c2c3nc(c(-c4cccc(I)c4)c4ccc([nH]4)c(-c4ccc(C(=O)OCC[Si](C)(C)C)cc4)c4ccc([nH]4)c(-c4cccc(I)c4)c4nc2C=C4)C=C3)cc1. The molecule has 0 saturated carbocycles. The number of hydrogen-bond acceptors (Lipinski definition) is 6. The summed E-state index contributed by atoms with van der Waals surface area (Å²) in [6, 6.07) is 42.5. The van der Waals surface area contributed by atoms with E-state index in [9.17, 15) is 9.59 Å². The van der Waals surface area contributed by atoms with Crippen molar-refractivity contribution >= 4 is 120 Å². The summed E-state index contributed by atoms with van der Waals surface area (Å²) in [4.78, 5) is 44.9. The van der Waals surface area contributed by atoms with Crippen LogP contribution in [0.25, 0.3) is 90.9 Å². The van der Waals surface area contributed by atoms with Crippen LogP contribution in [0.2, 0.25) is 51.4 Å². The number of rotatable bonds is 12. The van der Waals surface area contributed by atoms with Crippen LogP contribution in [0.3, 0.4) is 0 Å². The zero-order valence-electron chi connectivity index (χ0n) is 39.0. The van der Waals surface area contributed by atoms with Gasteiger partial charge in [0.25, 0.3) is 0 Å². The second kappa shape index (κ2) is 19.7. The Hall–Kier alpha value is -5.69. The van der Waals surface area contributed by atoms with Gasteiger partial charge >= 0.3 is 11.9 Å². The van der Waals surface area contributed by atoms with Gasteiger partial charge in [0.2, 0.25) is 0 Å². The highest BCUT2D eigenvalue weighted by Crippen LogP contribution is 2.39. The zero-order valence-corrected chi connectivity index (χ0v) is 45.3. The number of benzene rings is 4. The van der Waals surface area contributed by atoms with E-state index in [1.807, 2.05) is 48.5 Å². The molecule has 342 valence electrons. The zero-order chi connectivity index (χ0) is 47.7.